The second-order valence-electron chi connectivity index (χ2n) is 5.27. The van der Waals surface area contributed by atoms with Gasteiger partial charge in [0, 0.05) is 13.0 Å². The minimum Gasteiger partial charge on any atom is -0.481 e. The summed E-state index contributed by atoms with van der Waals surface area (Å²) in [6.07, 6.45) is 1.56. The molecule has 2 N–H and O–H groups in total. The zero-order valence-electron chi connectivity index (χ0n) is 11.5. The summed E-state index contributed by atoms with van der Waals surface area (Å²) in [7, 11) is 0. The van der Waals surface area contributed by atoms with Gasteiger partial charge in [0.05, 0.1) is 5.41 Å². The third kappa shape index (κ3) is 5.55. The first kappa shape index (κ1) is 15.2. The molecule has 4 nitrogen and oxygen atoms in total. The maximum absolute atomic E-state index is 11.6. The van der Waals surface area contributed by atoms with Gasteiger partial charge in [-0.25, -0.2) is 0 Å². The second kappa shape index (κ2) is 6.92. The number of aryl methyl sites for hydroxylation is 1. The fraction of sp³-hybridized carbons (Fsp3) is 0.467. The molecule has 4 heteroatoms. The highest BCUT2D eigenvalue weighted by atomic mass is 16.4. The summed E-state index contributed by atoms with van der Waals surface area (Å²) in [5, 5.41) is 11.7. The first-order valence-electron chi connectivity index (χ1n) is 6.46. The van der Waals surface area contributed by atoms with Crippen molar-refractivity contribution in [1.82, 2.24) is 5.32 Å². The van der Waals surface area contributed by atoms with Crippen molar-refractivity contribution in [2.24, 2.45) is 5.41 Å². The van der Waals surface area contributed by atoms with Gasteiger partial charge in [0.1, 0.15) is 0 Å². The van der Waals surface area contributed by atoms with Gasteiger partial charge in [0.15, 0.2) is 0 Å². The van der Waals surface area contributed by atoms with Crippen LogP contribution in [0.25, 0.3) is 0 Å². The highest BCUT2D eigenvalue weighted by Gasteiger charge is 2.26. The van der Waals surface area contributed by atoms with Crippen LogP contribution in [0.5, 0.6) is 0 Å². The van der Waals surface area contributed by atoms with Gasteiger partial charge in [-0.05, 0) is 32.3 Å². The molecule has 1 rings (SSSR count). The Morgan fingerprint density at radius 3 is 2.42 bits per heavy atom. The minimum atomic E-state index is -0.842. The van der Waals surface area contributed by atoms with Gasteiger partial charge in [-0.3, -0.25) is 9.59 Å². The Kier molecular flexibility index (Phi) is 5.55. The van der Waals surface area contributed by atoms with E-state index in [1.807, 2.05) is 30.3 Å². The van der Waals surface area contributed by atoms with E-state index in [1.54, 1.807) is 13.8 Å². The lowest BCUT2D eigenvalue weighted by Crippen LogP contribution is -2.32. The molecule has 0 aliphatic heterocycles. The smallest absolute Gasteiger partial charge is 0.309 e. The molecule has 0 bridgehead atoms. The molecule has 0 radical (unpaired) electrons. The predicted octanol–water partition coefficient (Wildman–Crippen LogP) is 2.24. The number of benzene rings is 1. The maximum Gasteiger partial charge on any atom is 0.309 e. The number of carboxylic acids is 1. The summed E-state index contributed by atoms with van der Waals surface area (Å²) in [6.45, 7) is 3.71. The zero-order valence-corrected chi connectivity index (χ0v) is 11.5. The van der Waals surface area contributed by atoms with Crippen LogP contribution in [-0.4, -0.2) is 23.5 Å². The first-order chi connectivity index (χ1) is 8.92. The number of amides is 1. The number of carboxylic acid groups (broad SMARTS) is 1. The van der Waals surface area contributed by atoms with Gasteiger partial charge in [-0.15, -0.1) is 0 Å². The zero-order chi connectivity index (χ0) is 14.3. The van der Waals surface area contributed by atoms with Gasteiger partial charge in [-0.1, -0.05) is 30.3 Å². The third-order valence-corrected chi connectivity index (χ3v) is 3.13. The average molecular weight is 263 g/mol. The van der Waals surface area contributed by atoms with Crippen LogP contribution in [0.3, 0.4) is 0 Å². The number of aliphatic carboxylic acids is 1. The highest BCUT2D eigenvalue weighted by molar-refractivity contribution is 5.76. The molecule has 104 valence electrons. The van der Waals surface area contributed by atoms with E-state index in [-0.39, 0.29) is 5.91 Å². The Balaban J connectivity index is 2.24. The van der Waals surface area contributed by atoms with Crippen LogP contribution in [0.2, 0.25) is 0 Å². The van der Waals surface area contributed by atoms with Gasteiger partial charge in [0.25, 0.3) is 0 Å². The monoisotopic (exact) mass is 263 g/mol. The molecule has 19 heavy (non-hydrogen) atoms. The molecule has 0 atom stereocenters. The molecular formula is C15H21NO3. The van der Waals surface area contributed by atoms with E-state index < -0.39 is 11.4 Å². The van der Waals surface area contributed by atoms with Crippen molar-refractivity contribution in [1.29, 1.82) is 0 Å². The Morgan fingerprint density at radius 2 is 1.84 bits per heavy atom. The van der Waals surface area contributed by atoms with E-state index in [0.717, 1.165) is 5.56 Å². The fourth-order valence-corrected chi connectivity index (χ4v) is 1.61. The van der Waals surface area contributed by atoms with Crippen LogP contribution in [0.1, 0.15) is 32.3 Å². The SMILES string of the molecule is CC(C)(CCNC(=O)CCc1ccccc1)C(=O)O. The van der Waals surface area contributed by atoms with E-state index in [9.17, 15) is 9.59 Å². The number of hydrogen-bond donors (Lipinski definition) is 2. The summed E-state index contributed by atoms with van der Waals surface area (Å²) < 4.78 is 0. The van der Waals surface area contributed by atoms with Crippen LogP contribution in [0.15, 0.2) is 30.3 Å². The van der Waals surface area contributed by atoms with Gasteiger partial charge >= 0.3 is 5.97 Å². The standard InChI is InChI=1S/C15H21NO3/c1-15(2,14(18)19)10-11-16-13(17)9-8-12-6-4-3-5-7-12/h3-7H,8-11H2,1-2H3,(H,16,17)(H,18,19). The van der Waals surface area contributed by atoms with Crippen molar-refractivity contribution in [3.05, 3.63) is 35.9 Å². The van der Waals surface area contributed by atoms with Crippen LogP contribution >= 0.6 is 0 Å². The molecule has 0 aliphatic carbocycles. The minimum absolute atomic E-state index is 0.0370. The maximum atomic E-state index is 11.6. The second-order valence-corrected chi connectivity index (χ2v) is 5.27. The molecule has 0 heterocycles. The molecule has 1 aromatic rings. The molecule has 0 aromatic heterocycles. The Morgan fingerprint density at radius 1 is 1.21 bits per heavy atom. The van der Waals surface area contributed by atoms with Crippen LogP contribution in [0, 0.1) is 5.41 Å². The van der Waals surface area contributed by atoms with E-state index in [4.69, 9.17) is 5.11 Å². The molecule has 1 aromatic carbocycles. The molecule has 0 aliphatic rings. The number of carbonyl (C=O) groups is 2. The van der Waals surface area contributed by atoms with Crippen molar-refractivity contribution in [2.45, 2.75) is 33.1 Å². The predicted molar refractivity (Wildman–Crippen MR) is 73.8 cm³/mol. The summed E-state index contributed by atoms with van der Waals surface area (Å²) in [6, 6.07) is 9.81. The van der Waals surface area contributed by atoms with Crippen LogP contribution < -0.4 is 5.32 Å². The van der Waals surface area contributed by atoms with Crippen molar-refractivity contribution in [3.63, 3.8) is 0 Å². The van der Waals surface area contributed by atoms with Crippen molar-refractivity contribution in [3.8, 4) is 0 Å². The Hall–Kier alpha value is -1.84. The fourth-order valence-electron chi connectivity index (χ4n) is 1.61. The molecule has 0 saturated carbocycles. The first-order valence-corrected chi connectivity index (χ1v) is 6.46. The Labute approximate surface area is 113 Å². The lowest BCUT2D eigenvalue weighted by molar-refractivity contribution is -0.147. The molecule has 0 saturated heterocycles. The van der Waals surface area contributed by atoms with Crippen molar-refractivity contribution >= 4 is 11.9 Å². The van der Waals surface area contributed by atoms with E-state index in [1.165, 1.54) is 0 Å². The number of nitrogens with one attached hydrogen (secondary N) is 1. The van der Waals surface area contributed by atoms with Crippen LogP contribution in [-0.2, 0) is 16.0 Å². The lowest BCUT2D eigenvalue weighted by Gasteiger charge is -2.18. The molecule has 0 unspecified atom stereocenters. The van der Waals surface area contributed by atoms with E-state index >= 15 is 0 Å². The van der Waals surface area contributed by atoms with Crippen LogP contribution in [0.4, 0.5) is 0 Å². The topological polar surface area (TPSA) is 66.4 Å². The van der Waals surface area contributed by atoms with Gasteiger partial charge in [0.2, 0.25) is 5.91 Å². The summed E-state index contributed by atoms with van der Waals surface area (Å²) in [5.41, 5.74) is 0.329. The van der Waals surface area contributed by atoms with Crippen molar-refractivity contribution < 1.29 is 14.7 Å². The highest BCUT2D eigenvalue weighted by Crippen LogP contribution is 2.19. The van der Waals surface area contributed by atoms with E-state index in [2.05, 4.69) is 5.32 Å². The lowest BCUT2D eigenvalue weighted by atomic mass is 9.90. The van der Waals surface area contributed by atoms with Gasteiger partial charge < -0.3 is 10.4 Å². The average Bonchev–Trinajstić information content (AvgIpc) is 2.37. The number of hydrogen-bond acceptors (Lipinski definition) is 2. The Bertz CT molecular complexity index is 426. The third-order valence-electron chi connectivity index (χ3n) is 3.13. The molecule has 0 spiro atoms. The summed E-state index contributed by atoms with van der Waals surface area (Å²) >= 11 is 0. The summed E-state index contributed by atoms with van der Waals surface area (Å²) in [4.78, 5) is 22.5. The van der Waals surface area contributed by atoms with E-state index in [0.29, 0.717) is 25.8 Å². The normalized spacial score (nSPS) is 11.1. The molecule has 0 fully saturated rings. The largest absolute Gasteiger partial charge is 0.481 e. The summed E-state index contributed by atoms with van der Waals surface area (Å²) in [5.74, 6) is -0.879. The molecule has 1 amide bonds. The molecular weight excluding hydrogens is 242 g/mol. The van der Waals surface area contributed by atoms with Gasteiger partial charge in [-0.2, -0.15) is 0 Å². The number of carbonyl (C=O) groups excluding carboxylic acids is 1. The quantitative estimate of drug-likeness (QED) is 0.792. The van der Waals surface area contributed by atoms with Crippen molar-refractivity contribution in [2.75, 3.05) is 6.54 Å². The number of rotatable bonds is 7.